The van der Waals surface area contributed by atoms with Gasteiger partial charge in [0.15, 0.2) is 0 Å². The Morgan fingerprint density at radius 2 is 2.08 bits per heavy atom. The largest absolute Gasteiger partial charge is 0.496 e. The molecule has 0 aliphatic heterocycles. The van der Waals surface area contributed by atoms with E-state index in [9.17, 15) is 0 Å². The van der Waals surface area contributed by atoms with Crippen LogP contribution in [0.2, 0.25) is 0 Å². The number of para-hydroxylation sites is 1. The van der Waals surface area contributed by atoms with Crippen molar-refractivity contribution in [1.82, 2.24) is 0 Å². The lowest BCUT2D eigenvalue weighted by Crippen LogP contribution is -2.08. The molecule has 70 valence electrons. The Morgan fingerprint density at radius 1 is 1.46 bits per heavy atom. The molecule has 0 fully saturated rings. The third-order valence-electron chi connectivity index (χ3n) is 1.61. The molecule has 0 aliphatic rings. The second-order valence-electron chi connectivity index (χ2n) is 2.35. The van der Waals surface area contributed by atoms with Crippen LogP contribution >= 0.6 is 12.4 Å². The first-order valence-electron chi connectivity index (χ1n) is 3.57. The molecule has 1 atom stereocenters. The number of nitrogens with zero attached hydrogens (tertiary/aromatic N) is 1. The Kier molecular flexibility index (Phi) is 4.90. The second kappa shape index (κ2) is 5.41. The van der Waals surface area contributed by atoms with E-state index in [2.05, 4.69) is 0 Å². The van der Waals surface area contributed by atoms with E-state index >= 15 is 0 Å². The fraction of sp³-hybridized carbons (Fsp3) is 0.222. The van der Waals surface area contributed by atoms with Crippen LogP contribution in [-0.4, -0.2) is 7.11 Å². The van der Waals surface area contributed by atoms with Crippen LogP contribution < -0.4 is 10.5 Å². The summed E-state index contributed by atoms with van der Waals surface area (Å²) in [5, 5.41) is 8.58. The molecule has 0 spiro atoms. The zero-order valence-corrected chi connectivity index (χ0v) is 8.04. The minimum atomic E-state index is -0.610. The summed E-state index contributed by atoms with van der Waals surface area (Å²) >= 11 is 0. The van der Waals surface area contributed by atoms with E-state index < -0.39 is 6.04 Å². The fourth-order valence-electron chi connectivity index (χ4n) is 0.993. The molecule has 1 aromatic rings. The van der Waals surface area contributed by atoms with E-state index in [1.54, 1.807) is 19.2 Å². The van der Waals surface area contributed by atoms with E-state index in [1.807, 2.05) is 18.2 Å². The van der Waals surface area contributed by atoms with Gasteiger partial charge in [-0.2, -0.15) is 5.26 Å². The quantitative estimate of drug-likeness (QED) is 0.786. The summed E-state index contributed by atoms with van der Waals surface area (Å²) in [5.41, 5.74) is 6.25. The molecule has 4 heteroatoms. The standard InChI is InChI=1S/C9H10N2O.ClH/c1-12-9-5-3-2-4-7(9)8(11)6-10;/h2-5,8H,11H2,1H3;1H. The van der Waals surface area contributed by atoms with Crippen LogP contribution in [0.15, 0.2) is 24.3 Å². The molecule has 2 N–H and O–H groups in total. The number of rotatable bonds is 2. The van der Waals surface area contributed by atoms with Gasteiger partial charge in [0, 0.05) is 5.56 Å². The Labute approximate surface area is 83.5 Å². The van der Waals surface area contributed by atoms with Gasteiger partial charge in [-0.3, -0.25) is 0 Å². The highest BCUT2D eigenvalue weighted by Gasteiger charge is 2.08. The van der Waals surface area contributed by atoms with Crippen molar-refractivity contribution in [2.45, 2.75) is 6.04 Å². The first-order valence-corrected chi connectivity index (χ1v) is 3.57. The lowest BCUT2D eigenvalue weighted by molar-refractivity contribution is 0.408. The number of nitrogens with two attached hydrogens (primary N) is 1. The van der Waals surface area contributed by atoms with Gasteiger partial charge in [0.25, 0.3) is 0 Å². The number of methoxy groups -OCH3 is 1. The van der Waals surface area contributed by atoms with Crippen LogP contribution in [0.5, 0.6) is 5.75 Å². The Morgan fingerprint density at radius 3 is 2.62 bits per heavy atom. The van der Waals surface area contributed by atoms with Crippen LogP contribution in [-0.2, 0) is 0 Å². The zero-order valence-electron chi connectivity index (χ0n) is 7.23. The van der Waals surface area contributed by atoms with Gasteiger partial charge in [-0.05, 0) is 6.07 Å². The van der Waals surface area contributed by atoms with Crippen LogP contribution in [0.1, 0.15) is 11.6 Å². The van der Waals surface area contributed by atoms with Crippen molar-refractivity contribution in [3.05, 3.63) is 29.8 Å². The van der Waals surface area contributed by atoms with Gasteiger partial charge in [-0.15, -0.1) is 12.4 Å². The molecule has 0 amide bonds. The van der Waals surface area contributed by atoms with Gasteiger partial charge in [-0.1, -0.05) is 18.2 Å². The SMILES string of the molecule is COc1ccccc1C(N)C#N.Cl. The van der Waals surface area contributed by atoms with E-state index in [0.717, 1.165) is 5.56 Å². The van der Waals surface area contributed by atoms with Crippen molar-refractivity contribution in [2.24, 2.45) is 5.73 Å². The average molecular weight is 199 g/mol. The van der Waals surface area contributed by atoms with Crippen molar-refractivity contribution < 1.29 is 4.74 Å². The summed E-state index contributed by atoms with van der Waals surface area (Å²) in [5.74, 6) is 0.659. The monoisotopic (exact) mass is 198 g/mol. The molecule has 0 aliphatic carbocycles. The lowest BCUT2D eigenvalue weighted by atomic mass is 10.1. The molecule has 3 nitrogen and oxygen atoms in total. The van der Waals surface area contributed by atoms with Crippen molar-refractivity contribution in [3.8, 4) is 11.8 Å². The molecule has 1 unspecified atom stereocenters. The third kappa shape index (κ3) is 2.62. The first-order chi connectivity index (χ1) is 5.79. The minimum absolute atomic E-state index is 0. The van der Waals surface area contributed by atoms with Crippen molar-refractivity contribution in [3.63, 3.8) is 0 Å². The number of halogens is 1. The summed E-state index contributed by atoms with van der Waals surface area (Å²) < 4.78 is 5.04. The topological polar surface area (TPSA) is 59.0 Å². The summed E-state index contributed by atoms with van der Waals surface area (Å²) in [6.07, 6.45) is 0. The summed E-state index contributed by atoms with van der Waals surface area (Å²) in [6.45, 7) is 0. The van der Waals surface area contributed by atoms with Gasteiger partial charge >= 0.3 is 0 Å². The Hall–Kier alpha value is -1.24. The molecule has 1 aromatic carbocycles. The molecule has 13 heavy (non-hydrogen) atoms. The molecule has 0 radical (unpaired) electrons. The maximum atomic E-state index is 8.58. The van der Waals surface area contributed by atoms with Gasteiger partial charge < -0.3 is 10.5 Å². The molecular weight excluding hydrogens is 188 g/mol. The van der Waals surface area contributed by atoms with Gasteiger partial charge in [0.05, 0.1) is 13.2 Å². The van der Waals surface area contributed by atoms with Crippen LogP contribution in [0.3, 0.4) is 0 Å². The number of benzene rings is 1. The normalized spacial score (nSPS) is 10.8. The van der Waals surface area contributed by atoms with E-state index in [1.165, 1.54) is 0 Å². The zero-order chi connectivity index (χ0) is 8.97. The summed E-state index contributed by atoms with van der Waals surface area (Å²) in [7, 11) is 1.56. The van der Waals surface area contributed by atoms with Crippen LogP contribution in [0, 0.1) is 11.3 Å². The maximum Gasteiger partial charge on any atom is 0.124 e. The van der Waals surface area contributed by atoms with Crippen molar-refractivity contribution in [1.29, 1.82) is 5.26 Å². The molecule has 0 saturated carbocycles. The van der Waals surface area contributed by atoms with Crippen molar-refractivity contribution >= 4 is 12.4 Å². The first kappa shape index (κ1) is 11.8. The minimum Gasteiger partial charge on any atom is -0.496 e. The molecule has 0 aromatic heterocycles. The highest BCUT2D eigenvalue weighted by atomic mass is 35.5. The molecule has 1 rings (SSSR count). The lowest BCUT2D eigenvalue weighted by Gasteiger charge is -2.08. The molecule has 0 heterocycles. The van der Waals surface area contributed by atoms with E-state index in [0.29, 0.717) is 5.75 Å². The smallest absolute Gasteiger partial charge is 0.124 e. The highest BCUT2D eigenvalue weighted by Crippen LogP contribution is 2.22. The molecule has 0 bridgehead atoms. The summed E-state index contributed by atoms with van der Waals surface area (Å²) in [6, 6.07) is 8.58. The van der Waals surface area contributed by atoms with Gasteiger partial charge in [0.1, 0.15) is 11.8 Å². The van der Waals surface area contributed by atoms with Gasteiger partial charge in [0.2, 0.25) is 0 Å². The second-order valence-corrected chi connectivity index (χ2v) is 2.35. The number of ether oxygens (including phenoxy) is 1. The molecule has 0 saturated heterocycles. The average Bonchev–Trinajstić information content (AvgIpc) is 2.16. The Bertz CT molecular complexity index is 309. The van der Waals surface area contributed by atoms with E-state index in [4.69, 9.17) is 15.7 Å². The maximum absolute atomic E-state index is 8.58. The van der Waals surface area contributed by atoms with Gasteiger partial charge in [-0.25, -0.2) is 0 Å². The predicted octanol–water partition coefficient (Wildman–Crippen LogP) is 1.64. The highest BCUT2D eigenvalue weighted by molar-refractivity contribution is 5.85. The van der Waals surface area contributed by atoms with Crippen LogP contribution in [0.4, 0.5) is 0 Å². The predicted molar refractivity (Wildman–Crippen MR) is 52.8 cm³/mol. The number of nitriles is 1. The fourth-order valence-corrected chi connectivity index (χ4v) is 0.993. The number of hydrogen-bond acceptors (Lipinski definition) is 3. The Balaban J connectivity index is 0.00000144. The number of hydrogen-bond donors (Lipinski definition) is 1. The van der Waals surface area contributed by atoms with Crippen molar-refractivity contribution in [2.75, 3.05) is 7.11 Å². The molecular formula is C9H11ClN2O. The summed E-state index contributed by atoms with van der Waals surface area (Å²) in [4.78, 5) is 0. The third-order valence-corrected chi connectivity index (χ3v) is 1.61. The van der Waals surface area contributed by atoms with Crippen LogP contribution in [0.25, 0.3) is 0 Å². The van der Waals surface area contributed by atoms with E-state index in [-0.39, 0.29) is 12.4 Å².